The summed E-state index contributed by atoms with van der Waals surface area (Å²) >= 11 is 4.89. The fraction of sp³-hybridized carbons (Fsp3) is 0.214. The maximum absolute atomic E-state index is 13.7. The number of hydrogen-bond acceptors (Lipinski definition) is 3. The van der Waals surface area contributed by atoms with Crippen LogP contribution < -0.4 is 11.1 Å². The van der Waals surface area contributed by atoms with Crippen LogP contribution in [-0.2, 0) is 6.42 Å². The highest BCUT2D eigenvalue weighted by molar-refractivity contribution is 7.80. The summed E-state index contributed by atoms with van der Waals surface area (Å²) in [4.78, 5) is 0.0470. The van der Waals surface area contributed by atoms with Crippen molar-refractivity contribution in [3.8, 4) is 0 Å². The molecule has 1 atom stereocenters. The fourth-order valence-corrected chi connectivity index (χ4v) is 2.15. The van der Waals surface area contributed by atoms with Gasteiger partial charge in [0.05, 0.1) is 11.8 Å². The number of nitrogens with two attached hydrogens (primary N) is 1. The van der Waals surface area contributed by atoms with Gasteiger partial charge in [0.1, 0.15) is 16.6 Å². The molecule has 0 aliphatic heterocycles. The van der Waals surface area contributed by atoms with E-state index >= 15 is 0 Å². The van der Waals surface area contributed by atoms with Gasteiger partial charge in [0.25, 0.3) is 0 Å². The van der Waals surface area contributed by atoms with Crippen molar-refractivity contribution < 1.29 is 8.81 Å². The van der Waals surface area contributed by atoms with Gasteiger partial charge in [0.2, 0.25) is 0 Å². The minimum Gasteiger partial charge on any atom is -0.469 e. The Bertz CT molecular complexity index is 569. The quantitative estimate of drug-likeness (QED) is 0.825. The first-order valence-corrected chi connectivity index (χ1v) is 6.36. The number of thiocarbonyl (C=S) groups is 1. The van der Waals surface area contributed by atoms with Crippen LogP contribution in [0.3, 0.4) is 0 Å². The van der Waals surface area contributed by atoms with Gasteiger partial charge < -0.3 is 15.5 Å². The van der Waals surface area contributed by atoms with E-state index in [0.29, 0.717) is 12.1 Å². The standard InChI is InChI=1S/C14H15FN2OS/c1-9(8-10-4-3-7-18-10)17-12-6-2-5-11(15)13(12)14(16)19/h2-7,9,17H,8H2,1H3,(H2,16,19). The minimum atomic E-state index is -0.414. The first-order chi connectivity index (χ1) is 9.08. The normalized spacial score (nSPS) is 12.1. The highest BCUT2D eigenvalue weighted by Crippen LogP contribution is 2.20. The number of furan rings is 1. The van der Waals surface area contributed by atoms with Crippen LogP contribution in [0.1, 0.15) is 18.2 Å². The molecular formula is C14H15FN2OS. The van der Waals surface area contributed by atoms with E-state index in [-0.39, 0.29) is 16.6 Å². The molecular weight excluding hydrogens is 263 g/mol. The van der Waals surface area contributed by atoms with Crippen LogP contribution in [0.25, 0.3) is 0 Å². The highest BCUT2D eigenvalue weighted by atomic mass is 32.1. The number of hydrogen-bond donors (Lipinski definition) is 2. The molecule has 3 N–H and O–H groups in total. The van der Waals surface area contributed by atoms with Crippen molar-refractivity contribution in [2.75, 3.05) is 5.32 Å². The van der Waals surface area contributed by atoms with Gasteiger partial charge >= 0.3 is 0 Å². The summed E-state index contributed by atoms with van der Waals surface area (Å²) in [5.41, 5.74) is 6.42. The van der Waals surface area contributed by atoms with Crippen LogP contribution in [0.4, 0.5) is 10.1 Å². The van der Waals surface area contributed by atoms with Crippen molar-refractivity contribution in [1.82, 2.24) is 0 Å². The zero-order chi connectivity index (χ0) is 13.8. The lowest BCUT2D eigenvalue weighted by atomic mass is 10.1. The molecule has 100 valence electrons. The highest BCUT2D eigenvalue weighted by Gasteiger charge is 2.13. The van der Waals surface area contributed by atoms with Crippen LogP contribution in [0, 0.1) is 5.82 Å². The fourth-order valence-electron chi connectivity index (χ4n) is 1.94. The van der Waals surface area contributed by atoms with Gasteiger partial charge in [-0.25, -0.2) is 4.39 Å². The van der Waals surface area contributed by atoms with Crippen LogP contribution in [0.2, 0.25) is 0 Å². The second kappa shape index (κ2) is 5.84. The lowest BCUT2D eigenvalue weighted by Gasteiger charge is -2.17. The Hall–Kier alpha value is -1.88. The smallest absolute Gasteiger partial charge is 0.135 e. The third-order valence-corrected chi connectivity index (χ3v) is 2.95. The van der Waals surface area contributed by atoms with Crippen LogP contribution >= 0.6 is 12.2 Å². The van der Waals surface area contributed by atoms with Crippen LogP contribution in [-0.4, -0.2) is 11.0 Å². The minimum absolute atomic E-state index is 0.0470. The van der Waals surface area contributed by atoms with Gasteiger partial charge in [-0.05, 0) is 31.2 Å². The Morgan fingerprint density at radius 2 is 2.21 bits per heavy atom. The van der Waals surface area contributed by atoms with Gasteiger partial charge in [-0.15, -0.1) is 0 Å². The average molecular weight is 278 g/mol. The number of anilines is 1. The topological polar surface area (TPSA) is 51.2 Å². The lowest BCUT2D eigenvalue weighted by molar-refractivity contribution is 0.497. The summed E-state index contributed by atoms with van der Waals surface area (Å²) in [6.07, 6.45) is 2.32. The van der Waals surface area contributed by atoms with E-state index in [1.807, 2.05) is 19.1 Å². The molecule has 19 heavy (non-hydrogen) atoms. The van der Waals surface area contributed by atoms with E-state index in [9.17, 15) is 4.39 Å². The molecule has 5 heteroatoms. The van der Waals surface area contributed by atoms with Crippen molar-refractivity contribution in [2.24, 2.45) is 5.73 Å². The zero-order valence-electron chi connectivity index (χ0n) is 10.5. The van der Waals surface area contributed by atoms with Gasteiger partial charge in [-0.3, -0.25) is 0 Å². The molecule has 0 saturated carbocycles. The van der Waals surface area contributed by atoms with E-state index < -0.39 is 5.82 Å². The maximum Gasteiger partial charge on any atom is 0.135 e. The van der Waals surface area contributed by atoms with Crippen LogP contribution in [0.15, 0.2) is 41.0 Å². The first-order valence-electron chi connectivity index (χ1n) is 5.95. The van der Waals surface area contributed by atoms with E-state index in [2.05, 4.69) is 5.32 Å². The molecule has 0 bridgehead atoms. The Morgan fingerprint density at radius 1 is 1.42 bits per heavy atom. The molecule has 2 rings (SSSR count). The lowest BCUT2D eigenvalue weighted by Crippen LogP contribution is -2.22. The average Bonchev–Trinajstić information content (AvgIpc) is 2.81. The second-order valence-electron chi connectivity index (χ2n) is 4.36. The number of nitrogens with one attached hydrogen (secondary N) is 1. The molecule has 3 nitrogen and oxygen atoms in total. The van der Waals surface area contributed by atoms with Crippen molar-refractivity contribution in [2.45, 2.75) is 19.4 Å². The van der Waals surface area contributed by atoms with E-state index in [1.54, 1.807) is 18.4 Å². The van der Waals surface area contributed by atoms with Crippen LogP contribution in [0.5, 0.6) is 0 Å². The largest absolute Gasteiger partial charge is 0.469 e. The summed E-state index contributed by atoms with van der Waals surface area (Å²) in [7, 11) is 0. The SMILES string of the molecule is CC(Cc1ccco1)Nc1cccc(F)c1C(N)=S. The Balaban J connectivity index is 2.14. The monoisotopic (exact) mass is 278 g/mol. The molecule has 1 heterocycles. The summed E-state index contributed by atoms with van der Waals surface area (Å²) in [6.45, 7) is 1.98. The maximum atomic E-state index is 13.7. The molecule has 1 unspecified atom stereocenters. The van der Waals surface area contributed by atoms with E-state index in [0.717, 1.165) is 5.76 Å². The number of halogens is 1. The molecule has 0 spiro atoms. The first kappa shape index (κ1) is 13.5. The molecule has 0 saturated heterocycles. The van der Waals surface area contributed by atoms with Crippen molar-refractivity contribution in [3.05, 3.63) is 53.7 Å². The predicted octanol–water partition coefficient (Wildman–Crippen LogP) is 3.10. The Morgan fingerprint density at radius 3 is 2.84 bits per heavy atom. The summed E-state index contributed by atoms with van der Waals surface area (Å²) in [5.74, 6) is 0.455. The molecule has 0 radical (unpaired) electrons. The Kier molecular flexibility index (Phi) is 4.16. The third-order valence-electron chi connectivity index (χ3n) is 2.75. The molecule has 0 amide bonds. The van der Waals surface area contributed by atoms with Crippen molar-refractivity contribution in [1.29, 1.82) is 0 Å². The summed E-state index contributed by atoms with van der Waals surface area (Å²) in [6, 6.07) is 8.54. The van der Waals surface area contributed by atoms with Gasteiger partial charge in [0, 0.05) is 18.2 Å². The molecule has 0 fully saturated rings. The molecule has 0 aliphatic rings. The summed E-state index contributed by atoms with van der Waals surface area (Å²) < 4.78 is 19.0. The van der Waals surface area contributed by atoms with E-state index in [4.69, 9.17) is 22.4 Å². The third kappa shape index (κ3) is 3.32. The molecule has 0 aliphatic carbocycles. The predicted molar refractivity (Wildman–Crippen MR) is 77.8 cm³/mol. The van der Waals surface area contributed by atoms with Gasteiger partial charge in [0.15, 0.2) is 0 Å². The Labute approximate surface area is 116 Å². The summed E-state index contributed by atoms with van der Waals surface area (Å²) in [5, 5.41) is 3.20. The molecule has 1 aromatic heterocycles. The molecule has 1 aromatic carbocycles. The number of rotatable bonds is 5. The number of benzene rings is 1. The van der Waals surface area contributed by atoms with E-state index in [1.165, 1.54) is 6.07 Å². The van der Waals surface area contributed by atoms with Crippen molar-refractivity contribution >= 4 is 22.9 Å². The van der Waals surface area contributed by atoms with Gasteiger partial charge in [-0.1, -0.05) is 18.3 Å². The molecule has 2 aromatic rings. The van der Waals surface area contributed by atoms with Crippen molar-refractivity contribution in [3.63, 3.8) is 0 Å². The zero-order valence-corrected chi connectivity index (χ0v) is 11.3. The van der Waals surface area contributed by atoms with Gasteiger partial charge in [-0.2, -0.15) is 0 Å². The second-order valence-corrected chi connectivity index (χ2v) is 4.80.